The van der Waals surface area contributed by atoms with Gasteiger partial charge in [0.05, 0.1) is 6.04 Å². The number of hydrogen-bond acceptors (Lipinski definition) is 6. The molecule has 1 heterocycles. The van der Waals surface area contributed by atoms with Crippen molar-refractivity contribution >= 4 is 35.3 Å². The lowest BCUT2D eigenvalue weighted by Gasteiger charge is -2.34. The number of carbonyl (C=O) groups is 6. The molecule has 0 spiro atoms. The lowest BCUT2D eigenvalue weighted by molar-refractivity contribution is -0.145. The van der Waals surface area contributed by atoms with Crippen LogP contribution >= 0.6 is 0 Å². The van der Waals surface area contributed by atoms with Gasteiger partial charge in [-0.2, -0.15) is 0 Å². The smallest absolute Gasteiger partial charge is 0.289 e. The first kappa shape index (κ1) is 33.1. The van der Waals surface area contributed by atoms with Crippen molar-refractivity contribution in [2.75, 3.05) is 13.6 Å². The predicted molar refractivity (Wildman–Crippen MR) is 164 cm³/mol. The monoisotopic (exact) mass is 609 g/mol. The third kappa shape index (κ3) is 9.12. The normalized spacial score (nSPS) is 20.2. The summed E-state index contributed by atoms with van der Waals surface area (Å²) in [7, 11) is 1.56. The van der Waals surface area contributed by atoms with Gasteiger partial charge in [0.25, 0.3) is 5.91 Å². The lowest BCUT2D eigenvalue weighted by Crippen LogP contribution is -2.58. The van der Waals surface area contributed by atoms with Gasteiger partial charge in [0.1, 0.15) is 12.1 Å². The van der Waals surface area contributed by atoms with Crippen molar-refractivity contribution in [3.63, 3.8) is 0 Å². The van der Waals surface area contributed by atoms with Crippen molar-refractivity contribution in [3.8, 4) is 0 Å². The Bertz CT molecular complexity index is 1200. The fourth-order valence-electron chi connectivity index (χ4n) is 6.26. The van der Waals surface area contributed by atoms with Crippen molar-refractivity contribution in [1.82, 2.24) is 26.2 Å². The first-order valence-corrected chi connectivity index (χ1v) is 16.2. The zero-order valence-corrected chi connectivity index (χ0v) is 25.9. The molecule has 44 heavy (non-hydrogen) atoms. The van der Waals surface area contributed by atoms with E-state index >= 15 is 0 Å². The largest absolute Gasteiger partial charge is 0.356 e. The standard InChI is InChI=1S/C33H47N5O6/c1-3-9-26(31(42)36-25(20-23-18-19-34-30(23)41)29(40)32(43)35-24-15-16-24)38(2)33(44)28(22-12-7-8-13-22)37-27(39)17-14-21-10-5-4-6-11-21/h4-6,10-11,22-26,28H,3,7-9,12-20H2,1-2H3,(H,34,41)(H,35,43)(H,36,42)(H,37,39)/t23-,25-,26-,28+/m0/s1. The van der Waals surface area contributed by atoms with E-state index in [4.69, 9.17) is 0 Å². The molecule has 4 N–H and O–H groups in total. The summed E-state index contributed by atoms with van der Waals surface area (Å²) in [5.41, 5.74) is 1.04. The topological polar surface area (TPSA) is 154 Å². The van der Waals surface area contributed by atoms with Crippen LogP contribution in [0.15, 0.2) is 30.3 Å². The minimum atomic E-state index is -1.19. The number of hydrogen-bond donors (Lipinski definition) is 4. The highest BCUT2D eigenvalue weighted by Crippen LogP contribution is 2.29. The van der Waals surface area contributed by atoms with Gasteiger partial charge in [-0.3, -0.25) is 28.8 Å². The molecule has 11 heteroatoms. The zero-order chi connectivity index (χ0) is 31.6. The van der Waals surface area contributed by atoms with Gasteiger partial charge >= 0.3 is 0 Å². The second-order valence-corrected chi connectivity index (χ2v) is 12.5. The van der Waals surface area contributed by atoms with E-state index in [9.17, 15) is 28.8 Å². The Hall–Kier alpha value is -3.76. The summed E-state index contributed by atoms with van der Waals surface area (Å²) >= 11 is 0. The molecule has 0 radical (unpaired) electrons. The fraction of sp³-hybridized carbons (Fsp3) is 0.636. The van der Waals surface area contributed by atoms with Gasteiger partial charge in [-0.1, -0.05) is 56.5 Å². The molecule has 11 nitrogen and oxygen atoms in total. The van der Waals surface area contributed by atoms with Gasteiger partial charge in [0.2, 0.25) is 29.4 Å². The number of likely N-dealkylation sites (N-methyl/N-ethyl adjacent to an activating group) is 1. The molecule has 0 bridgehead atoms. The number of ketones is 1. The fourth-order valence-corrected chi connectivity index (χ4v) is 6.26. The van der Waals surface area contributed by atoms with E-state index in [1.165, 1.54) is 4.90 Å². The highest BCUT2D eigenvalue weighted by molar-refractivity contribution is 6.38. The van der Waals surface area contributed by atoms with E-state index in [1.54, 1.807) is 7.05 Å². The summed E-state index contributed by atoms with van der Waals surface area (Å²) < 4.78 is 0. The highest BCUT2D eigenvalue weighted by atomic mass is 16.2. The number of nitrogens with zero attached hydrogens (tertiary/aromatic N) is 1. The Kier molecular flexibility index (Phi) is 11.9. The maximum atomic E-state index is 14.0. The van der Waals surface area contributed by atoms with Gasteiger partial charge in [0.15, 0.2) is 0 Å². The van der Waals surface area contributed by atoms with Crippen LogP contribution in [-0.4, -0.2) is 78.0 Å². The van der Waals surface area contributed by atoms with Crippen molar-refractivity contribution in [2.24, 2.45) is 11.8 Å². The van der Waals surface area contributed by atoms with E-state index < -0.39 is 41.6 Å². The number of carbonyl (C=O) groups excluding carboxylic acids is 6. The molecule has 4 atom stereocenters. The van der Waals surface area contributed by atoms with E-state index in [0.717, 1.165) is 44.1 Å². The molecule has 4 rings (SSSR count). The Morgan fingerprint density at radius 3 is 2.30 bits per heavy atom. The molecule has 240 valence electrons. The molecule has 0 aromatic heterocycles. The van der Waals surface area contributed by atoms with Crippen molar-refractivity contribution in [3.05, 3.63) is 35.9 Å². The molecule has 1 aromatic rings. The molecule has 2 saturated carbocycles. The molecule has 2 aliphatic carbocycles. The summed E-state index contributed by atoms with van der Waals surface area (Å²) in [4.78, 5) is 80.3. The number of Topliss-reactive ketones (excluding diaryl/α,β-unsaturated/α-hetero) is 1. The van der Waals surface area contributed by atoms with Gasteiger partial charge in [-0.25, -0.2) is 0 Å². The van der Waals surface area contributed by atoms with Crippen LogP contribution in [0.2, 0.25) is 0 Å². The van der Waals surface area contributed by atoms with Crippen molar-refractivity contribution < 1.29 is 28.8 Å². The molecular weight excluding hydrogens is 562 g/mol. The summed E-state index contributed by atoms with van der Waals surface area (Å²) in [5.74, 6) is -3.42. The minimum Gasteiger partial charge on any atom is -0.356 e. The summed E-state index contributed by atoms with van der Waals surface area (Å²) in [6.45, 7) is 2.37. The van der Waals surface area contributed by atoms with Gasteiger partial charge in [-0.15, -0.1) is 0 Å². The number of benzene rings is 1. The maximum Gasteiger partial charge on any atom is 0.289 e. The first-order chi connectivity index (χ1) is 21.2. The van der Waals surface area contributed by atoms with Gasteiger partial charge in [-0.05, 0) is 62.8 Å². The quantitative estimate of drug-likeness (QED) is 0.210. The zero-order valence-electron chi connectivity index (χ0n) is 25.9. The van der Waals surface area contributed by atoms with Crippen molar-refractivity contribution in [2.45, 2.75) is 108 Å². The van der Waals surface area contributed by atoms with Crippen LogP contribution in [0.5, 0.6) is 0 Å². The van der Waals surface area contributed by atoms with E-state index in [1.807, 2.05) is 37.3 Å². The third-order valence-electron chi connectivity index (χ3n) is 9.07. The van der Waals surface area contributed by atoms with Crippen molar-refractivity contribution in [1.29, 1.82) is 0 Å². The van der Waals surface area contributed by atoms with Crippen LogP contribution in [-0.2, 0) is 35.2 Å². The van der Waals surface area contributed by atoms with Crippen LogP contribution in [0.4, 0.5) is 0 Å². The number of aryl methyl sites for hydroxylation is 1. The second-order valence-electron chi connectivity index (χ2n) is 12.5. The molecule has 3 aliphatic rings. The molecule has 1 saturated heterocycles. The SMILES string of the molecule is CCC[C@@H](C(=O)N[C@@H](C[C@@H]1CCNC1=O)C(=O)C(=O)NC1CC1)N(C)C(=O)[C@H](NC(=O)CCc1ccccc1)C1CCCC1. The molecular formula is C33H47N5O6. The Labute approximate surface area is 259 Å². The van der Waals surface area contributed by atoms with E-state index in [-0.39, 0.29) is 42.5 Å². The number of nitrogens with one attached hydrogen (secondary N) is 4. The van der Waals surface area contributed by atoms with Crippen LogP contribution in [0.3, 0.4) is 0 Å². The van der Waals surface area contributed by atoms with Gasteiger partial charge < -0.3 is 26.2 Å². The average molecular weight is 610 g/mol. The third-order valence-corrected chi connectivity index (χ3v) is 9.07. The summed E-state index contributed by atoms with van der Waals surface area (Å²) in [6, 6.07) is 6.77. The average Bonchev–Trinajstić information content (AvgIpc) is 3.48. The maximum absolute atomic E-state index is 14.0. The Morgan fingerprint density at radius 2 is 1.68 bits per heavy atom. The van der Waals surface area contributed by atoms with Crippen LogP contribution in [0, 0.1) is 11.8 Å². The molecule has 5 amide bonds. The van der Waals surface area contributed by atoms with Crippen LogP contribution < -0.4 is 21.3 Å². The lowest BCUT2D eigenvalue weighted by atomic mass is 9.94. The number of amides is 5. The molecule has 0 unspecified atom stereocenters. The molecule has 1 aliphatic heterocycles. The van der Waals surface area contributed by atoms with E-state index in [0.29, 0.717) is 32.2 Å². The highest BCUT2D eigenvalue weighted by Gasteiger charge is 2.40. The number of rotatable bonds is 16. The minimum absolute atomic E-state index is 0.00711. The molecule has 3 fully saturated rings. The Morgan fingerprint density at radius 1 is 0.977 bits per heavy atom. The van der Waals surface area contributed by atoms with E-state index in [2.05, 4.69) is 21.3 Å². The Balaban J connectivity index is 1.46. The van der Waals surface area contributed by atoms with Crippen LogP contribution in [0.25, 0.3) is 0 Å². The summed E-state index contributed by atoms with van der Waals surface area (Å²) in [5, 5.41) is 11.1. The van der Waals surface area contributed by atoms with Crippen LogP contribution in [0.1, 0.15) is 83.1 Å². The summed E-state index contributed by atoms with van der Waals surface area (Å²) in [6.07, 6.45) is 7.38. The second kappa shape index (κ2) is 15.8. The first-order valence-electron chi connectivity index (χ1n) is 16.2. The predicted octanol–water partition coefficient (Wildman–Crippen LogP) is 1.78. The molecule has 1 aromatic carbocycles. The van der Waals surface area contributed by atoms with Gasteiger partial charge in [0, 0.05) is 32.0 Å².